The maximum absolute atomic E-state index is 2.62. The van der Waals surface area contributed by atoms with Gasteiger partial charge in [-0.05, 0) is 25.7 Å². The lowest BCUT2D eigenvalue weighted by Crippen LogP contribution is -2.39. The minimum absolute atomic E-state index is 0.643. The summed E-state index contributed by atoms with van der Waals surface area (Å²) in [6.07, 6.45) is 30.8. The fraction of sp³-hybridized carbons (Fsp3) is 0.923. The molecule has 0 bridgehead atoms. The lowest BCUT2D eigenvalue weighted by atomic mass is 10.0. The van der Waals surface area contributed by atoms with E-state index in [1.54, 1.807) is 0 Å². The van der Waals surface area contributed by atoms with E-state index in [2.05, 4.69) is 43.0 Å². The average Bonchev–Trinajstić information content (AvgIpc) is 3.07. The van der Waals surface area contributed by atoms with Crippen molar-refractivity contribution < 1.29 is 0 Å². The molecule has 1 rings (SSSR count). The zero-order valence-corrected chi connectivity index (χ0v) is 19.8. The van der Waals surface area contributed by atoms with Crippen molar-refractivity contribution in [1.82, 2.24) is 9.80 Å². The molecule has 166 valence electrons. The summed E-state index contributed by atoms with van der Waals surface area (Å²) in [5, 5.41) is 0. The van der Waals surface area contributed by atoms with Crippen molar-refractivity contribution in [3.05, 3.63) is 12.4 Å². The van der Waals surface area contributed by atoms with Crippen LogP contribution in [0.3, 0.4) is 0 Å². The molecule has 0 amide bonds. The van der Waals surface area contributed by atoms with E-state index in [0.717, 1.165) is 0 Å². The summed E-state index contributed by atoms with van der Waals surface area (Å²) in [5.41, 5.74) is 0. The van der Waals surface area contributed by atoms with Crippen molar-refractivity contribution >= 4 is 0 Å². The summed E-state index contributed by atoms with van der Waals surface area (Å²) in [6.45, 7) is 9.36. The minimum atomic E-state index is 0.643. The van der Waals surface area contributed by atoms with Gasteiger partial charge in [0.1, 0.15) is 6.17 Å². The number of nitrogens with zero attached hydrogens (tertiary/aromatic N) is 2. The van der Waals surface area contributed by atoms with Crippen molar-refractivity contribution in [2.75, 3.05) is 13.1 Å². The molecule has 0 N–H and O–H groups in total. The Kier molecular flexibility index (Phi) is 16.7. The van der Waals surface area contributed by atoms with E-state index in [9.17, 15) is 0 Å². The number of rotatable bonds is 20. The van der Waals surface area contributed by atoms with Gasteiger partial charge in [0.25, 0.3) is 0 Å². The van der Waals surface area contributed by atoms with Crippen LogP contribution in [0.1, 0.15) is 136 Å². The normalized spacial score (nSPS) is 16.5. The van der Waals surface area contributed by atoms with Crippen molar-refractivity contribution in [1.29, 1.82) is 0 Å². The van der Waals surface area contributed by atoms with Crippen LogP contribution in [0.4, 0.5) is 0 Å². The van der Waals surface area contributed by atoms with E-state index in [1.165, 1.54) is 129 Å². The molecule has 0 saturated heterocycles. The second-order valence-corrected chi connectivity index (χ2v) is 8.99. The van der Waals surface area contributed by atoms with Gasteiger partial charge in [-0.3, -0.25) is 0 Å². The van der Waals surface area contributed by atoms with Crippen LogP contribution < -0.4 is 0 Å². The summed E-state index contributed by atoms with van der Waals surface area (Å²) in [6, 6.07) is 0. The molecule has 0 radical (unpaired) electrons. The van der Waals surface area contributed by atoms with Crippen LogP contribution in [-0.2, 0) is 0 Å². The molecule has 0 fully saturated rings. The highest BCUT2D eigenvalue weighted by atomic mass is 15.4. The first-order valence-electron chi connectivity index (χ1n) is 13.0. The van der Waals surface area contributed by atoms with Crippen LogP contribution in [0.25, 0.3) is 0 Å². The molecule has 0 spiro atoms. The van der Waals surface area contributed by atoms with Gasteiger partial charge in [-0.1, -0.05) is 111 Å². The quantitative estimate of drug-likeness (QED) is 0.192. The van der Waals surface area contributed by atoms with Crippen LogP contribution >= 0.6 is 0 Å². The second-order valence-electron chi connectivity index (χ2n) is 8.99. The molecule has 0 aliphatic carbocycles. The summed E-state index contributed by atoms with van der Waals surface area (Å²) in [5.74, 6) is 0. The topological polar surface area (TPSA) is 6.48 Å². The molecule has 0 saturated carbocycles. The molecule has 28 heavy (non-hydrogen) atoms. The maximum atomic E-state index is 2.62. The molecule has 1 heterocycles. The number of unbranched alkanes of at least 4 members (excludes halogenated alkanes) is 14. The first kappa shape index (κ1) is 25.4. The van der Waals surface area contributed by atoms with Crippen molar-refractivity contribution in [3.8, 4) is 0 Å². The van der Waals surface area contributed by atoms with Crippen LogP contribution in [0.2, 0.25) is 0 Å². The van der Waals surface area contributed by atoms with Gasteiger partial charge in [-0.25, -0.2) is 0 Å². The zero-order chi connectivity index (χ0) is 20.3. The fourth-order valence-corrected chi connectivity index (χ4v) is 4.49. The Bertz CT molecular complexity index is 352. The summed E-state index contributed by atoms with van der Waals surface area (Å²) in [4.78, 5) is 5.21. The SMILES string of the molecule is CCCCCCCCCCCCCCCC1N(CCC)C=CN1CCCCC. The Labute approximate surface area is 178 Å². The molecule has 0 aromatic heterocycles. The van der Waals surface area contributed by atoms with Gasteiger partial charge >= 0.3 is 0 Å². The first-order chi connectivity index (χ1) is 13.8. The second kappa shape index (κ2) is 18.4. The molecule has 0 aromatic carbocycles. The molecule has 1 unspecified atom stereocenters. The Hall–Kier alpha value is -0.660. The highest BCUT2D eigenvalue weighted by Crippen LogP contribution is 2.23. The maximum Gasteiger partial charge on any atom is 0.101 e. The average molecular weight is 393 g/mol. The summed E-state index contributed by atoms with van der Waals surface area (Å²) >= 11 is 0. The smallest absolute Gasteiger partial charge is 0.101 e. The van der Waals surface area contributed by atoms with Gasteiger partial charge in [0.15, 0.2) is 0 Å². The summed E-state index contributed by atoms with van der Waals surface area (Å²) < 4.78 is 0. The van der Waals surface area contributed by atoms with Gasteiger partial charge in [0.2, 0.25) is 0 Å². The fourth-order valence-electron chi connectivity index (χ4n) is 4.49. The third-order valence-electron chi connectivity index (χ3n) is 6.28. The Morgan fingerprint density at radius 1 is 0.464 bits per heavy atom. The Balaban J connectivity index is 2.01. The van der Waals surface area contributed by atoms with Crippen LogP contribution in [0.5, 0.6) is 0 Å². The molecule has 1 aliphatic heterocycles. The highest BCUT2D eigenvalue weighted by Gasteiger charge is 2.24. The van der Waals surface area contributed by atoms with Gasteiger partial charge in [-0.15, -0.1) is 0 Å². The molecule has 1 atom stereocenters. The Morgan fingerprint density at radius 2 is 0.893 bits per heavy atom. The molecule has 0 aromatic rings. The predicted octanol–water partition coefficient (Wildman–Crippen LogP) is 8.48. The van der Waals surface area contributed by atoms with Crippen LogP contribution in [-0.4, -0.2) is 29.1 Å². The first-order valence-corrected chi connectivity index (χ1v) is 13.0. The van der Waals surface area contributed by atoms with Gasteiger partial charge in [-0.2, -0.15) is 0 Å². The van der Waals surface area contributed by atoms with E-state index in [-0.39, 0.29) is 0 Å². The predicted molar refractivity (Wildman–Crippen MR) is 126 cm³/mol. The Morgan fingerprint density at radius 3 is 1.39 bits per heavy atom. The van der Waals surface area contributed by atoms with Crippen molar-refractivity contribution in [2.45, 2.75) is 143 Å². The monoisotopic (exact) mass is 392 g/mol. The number of hydrogen-bond acceptors (Lipinski definition) is 2. The van der Waals surface area contributed by atoms with Crippen LogP contribution in [0, 0.1) is 0 Å². The molecular formula is C26H52N2. The van der Waals surface area contributed by atoms with Gasteiger partial charge in [0, 0.05) is 25.5 Å². The highest BCUT2D eigenvalue weighted by molar-refractivity contribution is 4.96. The molecule has 2 heteroatoms. The van der Waals surface area contributed by atoms with E-state index in [0.29, 0.717) is 6.17 Å². The largest absolute Gasteiger partial charge is 0.356 e. The molecule has 1 aliphatic rings. The molecular weight excluding hydrogens is 340 g/mol. The third kappa shape index (κ3) is 12.0. The van der Waals surface area contributed by atoms with E-state index >= 15 is 0 Å². The van der Waals surface area contributed by atoms with E-state index in [1.807, 2.05) is 0 Å². The van der Waals surface area contributed by atoms with E-state index in [4.69, 9.17) is 0 Å². The number of hydrogen-bond donors (Lipinski definition) is 0. The lowest BCUT2D eigenvalue weighted by Gasteiger charge is -2.33. The van der Waals surface area contributed by atoms with E-state index < -0.39 is 0 Å². The zero-order valence-electron chi connectivity index (χ0n) is 19.8. The van der Waals surface area contributed by atoms with Gasteiger partial charge in [0.05, 0.1) is 0 Å². The third-order valence-corrected chi connectivity index (χ3v) is 6.28. The standard InChI is InChI=1S/C26H52N2/c1-4-7-9-10-11-12-13-14-15-16-17-18-19-21-26-27(22-6-3)24-25-28(26)23-20-8-5-2/h24-26H,4-23H2,1-3H3. The minimum Gasteiger partial charge on any atom is -0.356 e. The molecule has 2 nitrogen and oxygen atoms in total. The lowest BCUT2D eigenvalue weighted by molar-refractivity contribution is 0.137. The van der Waals surface area contributed by atoms with Crippen molar-refractivity contribution in [3.63, 3.8) is 0 Å². The van der Waals surface area contributed by atoms with Gasteiger partial charge < -0.3 is 9.80 Å². The van der Waals surface area contributed by atoms with Crippen molar-refractivity contribution in [2.24, 2.45) is 0 Å². The van der Waals surface area contributed by atoms with Crippen LogP contribution in [0.15, 0.2) is 12.4 Å². The summed E-state index contributed by atoms with van der Waals surface area (Å²) in [7, 11) is 0.